The molecule has 3 N–H and O–H groups in total. The van der Waals surface area contributed by atoms with Gasteiger partial charge in [-0.2, -0.15) is 0 Å². The first kappa shape index (κ1) is 15.3. The second-order valence-electron chi connectivity index (χ2n) is 4.56. The monoisotopic (exact) mass is 310 g/mol. The van der Waals surface area contributed by atoms with Crippen LogP contribution in [0.4, 0.5) is 0 Å². The Morgan fingerprint density at radius 2 is 2.10 bits per heavy atom. The smallest absolute Gasteiger partial charge is 0.120 e. The number of hydrogen-bond donors (Lipinski definition) is 2. The van der Waals surface area contributed by atoms with Gasteiger partial charge >= 0.3 is 0 Å². The maximum Gasteiger partial charge on any atom is 0.120 e. The molecular weight excluding hydrogens is 292 g/mol. The van der Waals surface area contributed by atoms with Gasteiger partial charge in [0, 0.05) is 21.2 Å². The van der Waals surface area contributed by atoms with E-state index in [0.29, 0.717) is 11.6 Å². The van der Waals surface area contributed by atoms with Gasteiger partial charge in [-0.25, -0.2) is 0 Å². The lowest BCUT2D eigenvalue weighted by Crippen LogP contribution is -2.41. The third-order valence-electron chi connectivity index (χ3n) is 3.00. The van der Waals surface area contributed by atoms with Gasteiger partial charge in [0.05, 0.1) is 6.04 Å². The summed E-state index contributed by atoms with van der Waals surface area (Å²) in [7, 11) is 0. The fraction of sp³-hybridized carbons (Fsp3) is 0.333. The Morgan fingerprint density at radius 1 is 1.30 bits per heavy atom. The molecular formula is C15H19ClN2OS. The molecule has 2 rings (SSSR count). The Bertz CT molecular complexity index is 544. The standard InChI is InChI=1S/C15H19ClN2OS/c1-2-14-6-7-15(20-14)9-12(18-17)10-19-13-5-3-4-11(16)8-13/h3-8,12,18H,2,9-10,17H2,1H3. The van der Waals surface area contributed by atoms with Crippen LogP contribution in [-0.2, 0) is 12.8 Å². The van der Waals surface area contributed by atoms with E-state index in [1.807, 2.05) is 29.5 Å². The zero-order valence-electron chi connectivity index (χ0n) is 11.4. The molecule has 0 aliphatic carbocycles. The summed E-state index contributed by atoms with van der Waals surface area (Å²) in [5.41, 5.74) is 2.81. The Balaban J connectivity index is 1.89. The van der Waals surface area contributed by atoms with Crippen LogP contribution in [0.25, 0.3) is 0 Å². The Morgan fingerprint density at radius 3 is 2.75 bits per heavy atom. The minimum absolute atomic E-state index is 0.0809. The maximum absolute atomic E-state index is 5.92. The lowest BCUT2D eigenvalue weighted by Gasteiger charge is -2.16. The maximum atomic E-state index is 5.92. The van der Waals surface area contributed by atoms with E-state index in [2.05, 4.69) is 24.5 Å². The number of nitrogens with one attached hydrogen (secondary N) is 1. The average molecular weight is 311 g/mol. The highest BCUT2D eigenvalue weighted by atomic mass is 35.5. The zero-order chi connectivity index (χ0) is 14.4. The van der Waals surface area contributed by atoms with Crippen molar-refractivity contribution >= 4 is 22.9 Å². The average Bonchev–Trinajstić information content (AvgIpc) is 2.91. The Kier molecular flexibility index (Phi) is 5.86. The van der Waals surface area contributed by atoms with Crippen LogP contribution >= 0.6 is 22.9 Å². The van der Waals surface area contributed by atoms with Crippen molar-refractivity contribution < 1.29 is 4.74 Å². The number of rotatable bonds is 7. The summed E-state index contributed by atoms with van der Waals surface area (Å²) in [4.78, 5) is 2.71. The first-order valence-corrected chi connectivity index (χ1v) is 7.82. The van der Waals surface area contributed by atoms with Crippen LogP contribution in [0.2, 0.25) is 5.02 Å². The van der Waals surface area contributed by atoms with E-state index in [4.69, 9.17) is 22.2 Å². The fourth-order valence-corrected chi connectivity index (χ4v) is 3.10. The molecule has 0 fully saturated rings. The normalized spacial score (nSPS) is 12.3. The van der Waals surface area contributed by atoms with Gasteiger partial charge in [-0.05, 0) is 36.8 Å². The molecule has 2 aromatic rings. The Labute approximate surface area is 128 Å². The molecule has 5 heteroatoms. The SMILES string of the molecule is CCc1ccc(CC(COc2cccc(Cl)c2)NN)s1. The van der Waals surface area contributed by atoms with Crippen molar-refractivity contribution in [2.75, 3.05) is 6.61 Å². The van der Waals surface area contributed by atoms with Crippen molar-refractivity contribution in [1.29, 1.82) is 0 Å². The molecule has 0 spiro atoms. The predicted octanol–water partition coefficient (Wildman–Crippen LogP) is 3.42. The summed E-state index contributed by atoms with van der Waals surface area (Å²) in [6.07, 6.45) is 1.94. The van der Waals surface area contributed by atoms with Crippen molar-refractivity contribution in [3.63, 3.8) is 0 Å². The molecule has 0 bridgehead atoms. The molecule has 0 aliphatic heterocycles. The Hall–Kier alpha value is -1.07. The highest BCUT2D eigenvalue weighted by Gasteiger charge is 2.10. The van der Waals surface area contributed by atoms with Gasteiger partial charge in [-0.15, -0.1) is 11.3 Å². The zero-order valence-corrected chi connectivity index (χ0v) is 13.0. The van der Waals surface area contributed by atoms with Crippen LogP contribution in [-0.4, -0.2) is 12.6 Å². The van der Waals surface area contributed by atoms with Crippen molar-refractivity contribution in [3.05, 3.63) is 51.2 Å². The molecule has 1 unspecified atom stereocenters. The fourth-order valence-electron chi connectivity index (χ4n) is 1.88. The van der Waals surface area contributed by atoms with Crippen LogP contribution < -0.4 is 16.0 Å². The number of ether oxygens (including phenoxy) is 1. The lowest BCUT2D eigenvalue weighted by atomic mass is 10.2. The van der Waals surface area contributed by atoms with Crippen molar-refractivity contribution in [3.8, 4) is 5.75 Å². The first-order valence-electron chi connectivity index (χ1n) is 6.63. The molecule has 3 nitrogen and oxygen atoms in total. The van der Waals surface area contributed by atoms with Gasteiger partial charge < -0.3 is 4.74 Å². The number of benzene rings is 1. The van der Waals surface area contributed by atoms with Crippen LogP contribution in [0.1, 0.15) is 16.7 Å². The van der Waals surface area contributed by atoms with Gasteiger partial charge in [0.2, 0.25) is 0 Å². The largest absolute Gasteiger partial charge is 0.492 e. The van der Waals surface area contributed by atoms with Crippen molar-refractivity contribution in [2.24, 2.45) is 5.84 Å². The van der Waals surface area contributed by atoms with Crippen LogP contribution in [0.15, 0.2) is 36.4 Å². The second-order valence-corrected chi connectivity index (χ2v) is 6.25. The first-order chi connectivity index (χ1) is 9.71. The third kappa shape index (κ3) is 4.49. The molecule has 0 radical (unpaired) electrons. The predicted molar refractivity (Wildman–Crippen MR) is 85.5 cm³/mol. The molecule has 1 aromatic heterocycles. The number of hydrogen-bond acceptors (Lipinski definition) is 4. The summed E-state index contributed by atoms with van der Waals surface area (Å²) in [5.74, 6) is 6.36. The number of thiophene rings is 1. The van der Waals surface area contributed by atoms with E-state index in [0.717, 1.165) is 18.6 Å². The summed E-state index contributed by atoms with van der Waals surface area (Å²) >= 11 is 7.75. The summed E-state index contributed by atoms with van der Waals surface area (Å²) < 4.78 is 5.72. The van der Waals surface area contributed by atoms with E-state index < -0.39 is 0 Å². The molecule has 0 amide bonds. The molecule has 1 heterocycles. The van der Waals surface area contributed by atoms with E-state index in [1.165, 1.54) is 9.75 Å². The number of aryl methyl sites for hydroxylation is 1. The van der Waals surface area contributed by atoms with Gasteiger partial charge in [0.25, 0.3) is 0 Å². The van der Waals surface area contributed by atoms with Crippen LogP contribution in [0, 0.1) is 0 Å². The second kappa shape index (κ2) is 7.64. The van der Waals surface area contributed by atoms with E-state index in [9.17, 15) is 0 Å². The van der Waals surface area contributed by atoms with Gasteiger partial charge in [0.1, 0.15) is 12.4 Å². The van der Waals surface area contributed by atoms with Gasteiger partial charge in [-0.1, -0.05) is 24.6 Å². The van der Waals surface area contributed by atoms with E-state index in [-0.39, 0.29) is 6.04 Å². The molecule has 0 saturated heterocycles. The number of hydrazine groups is 1. The topological polar surface area (TPSA) is 47.3 Å². The molecule has 0 aliphatic rings. The highest BCUT2D eigenvalue weighted by molar-refractivity contribution is 7.11. The molecule has 1 aromatic carbocycles. The highest BCUT2D eigenvalue weighted by Crippen LogP contribution is 2.20. The third-order valence-corrected chi connectivity index (χ3v) is 4.48. The van der Waals surface area contributed by atoms with E-state index >= 15 is 0 Å². The van der Waals surface area contributed by atoms with E-state index in [1.54, 1.807) is 6.07 Å². The lowest BCUT2D eigenvalue weighted by molar-refractivity contribution is 0.265. The number of nitrogens with two attached hydrogens (primary N) is 1. The van der Waals surface area contributed by atoms with Crippen molar-refractivity contribution in [2.45, 2.75) is 25.8 Å². The molecule has 1 atom stereocenters. The molecule has 20 heavy (non-hydrogen) atoms. The summed E-state index contributed by atoms with van der Waals surface area (Å²) in [5, 5.41) is 0.672. The van der Waals surface area contributed by atoms with Gasteiger partial charge in [0.15, 0.2) is 0 Å². The molecule has 0 saturated carbocycles. The van der Waals surface area contributed by atoms with Crippen LogP contribution in [0.3, 0.4) is 0 Å². The van der Waals surface area contributed by atoms with Crippen molar-refractivity contribution in [1.82, 2.24) is 5.43 Å². The summed E-state index contributed by atoms with van der Waals surface area (Å²) in [6, 6.07) is 11.8. The summed E-state index contributed by atoms with van der Waals surface area (Å²) in [6.45, 7) is 2.67. The van der Waals surface area contributed by atoms with Crippen LogP contribution in [0.5, 0.6) is 5.75 Å². The minimum atomic E-state index is 0.0809. The van der Waals surface area contributed by atoms with Gasteiger partial charge in [-0.3, -0.25) is 11.3 Å². The number of halogens is 1. The minimum Gasteiger partial charge on any atom is -0.492 e. The molecule has 108 valence electrons. The quantitative estimate of drug-likeness (QED) is 0.608.